The summed E-state index contributed by atoms with van der Waals surface area (Å²) in [4.78, 5) is 4.42. The van der Waals surface area contributed by atoms with Gasteiger partial charge in [0, 0.05) is 37.9 Å². The Balaban J connectivity index is 1.68. The van der Waals surface area contributed by atoms with Crippen LogP contribution in [0.1, 0.15) is 0 Å². The highest BCUT2D eigenvalue weighted by Gasteiger charge is 2.19. The molecule has 2 aromatic rings. The highest BCUT2D eigenvalue weighted by molar-refractivity contribution is 5.53. The second-order valence-corrected chi connectivity index (χ2v) is 5.13. The van der Waals surface area contributed by atoms with Gasteiger partial charge in [0.25, 0.3) is 0 Å². The number of methoxy groups -OCH3 is 1. The number of para-hydroxylation sites is 1. The second-order valence-electron chi connectivity index (χ2n) is 5.13. The van der Waals surface area contributed by atoms with Gasteiger partial charge in [-0.25, -0.2) is 4.39 Å². The third-order valence-corrected chi connectivity index (χ3v) is 3.90. The van der Waals surface area contributed by atoms with Crippen LogP contribution in [0.2, 0.25) is 0 Å². The van der Waals surface area contributed by atoms with Crippen LogP contribution in [0.5, 0.6) is 5.75 Å². The maximum Gasteiger partial charge on any atom is 0.150 e. The summed E-state index contributed by atoms with van der Waals surface area (Å²) in [6.45, 7) is 3.43. The Morgan fingerprint density at radius 1 is 0.905 bits per heavy atom. The Labute approximate surface area is 124 Å². The monoisotopic (exact) mass is 286 g/mol. The van der Waals surface area contributed by atoms with E-state index in [1.807, 2.05) is 24.3 Å². The van der Waals surface area contributed by atoms with Gasteiger partial charge in [-0.05, 0) is 24.3 Å². The molecule has 3 nitrogen and oxygen atoms in total. The van der Waals surface area contributed by atoms with Gasteiger partial charge in [0.05, 0.1) is 12.8 Å². The summed E-state index contributed by atoms with van der Waals surface area (Å²) in [7, 11) is 1.55. The highest BCUT2D eigenvalue weighted by Crippen LogP contribution is 2.26. The minimum absolute atomic E-state index is 0.220. The van der Waals surface area contributed by atoms with Crippen LogP contribution in [0.15, 0.2) is 48.5 Å². The van der Waals surface area contributed by atoms with E-state index in [0.29, 0.717) is 11.4 Å². The Kier molecular flexibility index (Phi) is 3.95. The first-order valence-electron chi connectivity index (χ1n) is 7.16. The summed E-state index contributed by atoms with van der Waals surface area (Å²) in [5.41, 5.74) is 1.89. The molecule has 0 amide bonds. The minimum Gasteiger partial charge on any atom is -0.497 e. The Morgan fingerprint density at radius 2 is 1.57 bits per heavy atom. The van der Waals surface area contributed by atoms with Crippen molar-refractivity contribution in [3.63, 3.8) is 0 Å². The molecule has 4 heteroatoms. The van der Waals surface area contributed by atoms with E-state index in [4.69, 9.17) is 4.74 Å². The lowest BCUT2D eigenvalue weighted by Gasteiger charge is -2.37. The van der Waals surface area contributed by atoms with Crippen molar-refractivity contribution in [3.05, 3.63) is 54.3 Å². The summed E-state index contributed by atoms with van der Waals surface area (Å²) in [5, 5.41) is 0. The van der Waals surface area contributed by atoms with Crippen LogP contribution < -0.4 is 14.5 Å². The topological polar surface area (TPSA) is 15.7 Å². The predicted molar refractivity (Wildman–Crippen MR) is 83.8 cm³/mol. The lowest BCUT2D eigenvalue weighted by Crippen LogP contribution is -2.46. The molecule has 1 saturated heterocycles. The van der Waals surface area contributed by atoms with E-state index in [0.717, 1.165) is 26.2 Å². The first-order chi connectivity index (χ1) is 10.3. The molecule has 0 spiro atoms. The van der Waals surface area contributed by atoms with Crippen molar-refractivity contribution >= 4 is 11.4 Å². The summed E-state index contributed by atoms with van der Waals surface area (Å²) < 4.78 is 19.2. The fourth-order valence-electron chi connectivity index (χ4n) is 2.72. The van der Waals surface area contributed by atoms with Crippen molar-refractivity contribution in [2.24, 2.45) is 0 Å². The number of halogens is 1. The zero-order valence-electron chi connectivity index (χ0n) is 12.1. The van der Waals surface area contributed by atoms with Crippen LogP contribution in [0.3, 0.4) is 0 Å². The van der Waals surface area contributed by atoms with Crippen LogP contribution in [0.4, 0.5) is 15.8 Å². The average molecular weight is 286 g/mol. The maximum atomic E-state index is 14.1. The second kappa shape index (κ2) is 6.04. The number of piperazine rings is 1. The molecule has 0 aliphatic carbocycles. The van der Waals surface area contributed by atoms with Gasteiger partial charge in [-0.1, -0.05) is 18.2 Å². The van der Waals surface area contributed by atoms with Crippen LogP contribution >= 0.6 is 0 Å². The molecule has 1 aliphatic heterocycles. The van der Waals surface area contributed by atoms with Crippen LogP contribution in [0, 0.1) is 5.82 Å². The largest absolute Gasteiger partial charge is 0.497 e. The van der Waals surface area contributed by atoms with Crippen LogP contribution in [0.25, 0.3) is 0 Å². The van der Waals surface area contributed by atoms with Gasteiger partial charge in [-0.15, -0.1) is 0 Å². The number of anilines is 2. The highest BCUT2D eigenvalue weighted by atomic mass is 19.1. The van der Waals surface area contributed by atoms with Gasteiger partial charge < -0.3 is 14.5 Å². The Morgan fingerprint density at radius 3 is 2.19 bits per heavy atom. The molecule has 21 heavy (non-hydrogen) atoms. The molecule has 2 aromatic carbocycles. The number of hydrogen-bond acceptors (Lipinski definition) is 3. The molecule has 0 aromatic heterocycles. The summed E-state index contributed by atoms with van der Waals surface area (Å²) in [6.07, 6.45) is 0. The van der Waals surface area contributed by atoms with E-state index in [2.05, 4.69) is 21.9 Å². The molecule has 0 saturated carbocycles. The molecule has 1 aliphatic rings. The van der Waals surface area contributed by atoms with Crippen molar-refractivity contribution in [3.8, 4) is 5.75 Å². The third kappa shape index (κ3) is 2.94. The van der Waals surface area contributed by atoms with E-state index in [1.54, 1.807) is 13.2 Å². The maximum absolute atomic E-state index is 14.1. The molecule has 0 bridgehead atoms. The van der Waals surface area contributed by atoms with Crippen LogP contribution in [-0.2, 0) is 0 Å². The molecular formula is C17H19FN2O. The molecular weight excluding hydrogens is 267 g/mol. The molecule has 1 heterocycles. The zero-order valence-corrected chi connectivity index (χ0v) is 12.1. The van der Waals surface area contributed by atoms with Crippen molar-refractivity contribution in [2.75, 3.05) is 43.1 Å². The predicted octanol–water partition coefficient (Wildman–Crippen LogP) is 3.16. The van der Waals surface area contributed by atoms with E-state index >= 15 is 0 Å². The van der Waals surface area contributed by atoms with E-state index < -0.39 is 0 Å². The van der Waals surface area contributed by atoms with Crippen molar-refractivity contribution < 1.29 is 9.13 Å². The number of hydrogen-bond donors (Lipinski definition) is 0. The first-order valence-corrected chi connectivity index (χ1v) is 7.16. The smallest absolute Gasteiger partial charge is 0.150 e. The third-order valence-electron chi connectivity index (χ3n) is 3.90. The summed E-state index contributed by atoms with van der Waals surface area (Å²) in [5.74, 6) is 0.335. The Bertz CT molecular complexity index is 595. The van der Waals surface area contributed by atoms with Gasteiger partial charge in [0.15, 0.2) is 0 Å². The summed E-state index contributed by atoms with van der Waals surface area (Å²) >= 11 is 0. The van der Waals surface area contributed by atoms with Gasteiger partial charge in [-0.3, -0.25) is 0 Å². The lowest BCUT2D eigenvalue weighted by atomic mass is 10.2. The van der Waals surface area contributed by atoms with Gasteiger partial charge in [0.2, 0.25) is 0 Å². The molecule has 1 fully saturated rings. The first kappa shape index (κ1) is 13.7. The average Bonchev–Trinajstić information content (AvgIpc) is 2.56. The summed E-state index contributed by atoms with van der Waals surface area (Å²) in [6, 6.07) is 15.4. The van der Waals surface area contributed by atoms with Gasteiger partial charge >= 0.3 is 0 Å². The standard InChI is InChI=1S/C17H19FN2O/c1-21-15-7-8-17(16(18)13-15)20-11-9-19(10-12-20)14-5-3-2-4-6-14/h2-8,13H,9-12H2,1H3. The quantitative estimate of drug-likeness (QED) is 0.862. The van der Waals surface area contributed by atoms with E-state index in [9.17, 15) is 4.39 Å². The fraction of sp³-hybridized carbons (Fsp3) is 0.294. The molecule has 0 radical (unpaired) electrons. The van der Waals surface area contributed by atoms with Crippen LogP contribution in [-0.4, -0.2) is 33.3 Å². The Hall–Kier alpha value is -2.23. The van der Waals surface area contributed by atoms with E-state index in [1.165, 1.54) is 11.8 Å². The van der Waals surface area contributed by atoms with Crippen molar-refractivity contribution in [1.29, 1.82) is 0 Å². The van der Waals surface area contributed by atoms with Crippen molar-refractivity contribution in [2.45, 2.75) is 0 Å². The minimum atomic E-state index is -0.220. The van der Waals surface area contributed by atoms with E-state index in [-0.39, 0.29) is 5.82 Å². The molecule has 0 unspecified atom stereocenters. The molecule has 0 atom stereocenters. The molecule has 3 rings (SSSR count). The number of nitrogens with zero attached hydrogens (tertiary/aromatic N) is 2. The lowest BCUT2D eigenvalue weighted by molar-refractivity contribution is 0.411. The number of ether oxygens (including phenoxy) is 1. The number of rotatable bonds is 3. The molecule has 110 valence electrons. The molecule has 0 N–H and O–H groups in total. The SMILES string of the molecule is COc1ccc(N2CCN(c3ccccc3)CC2)c(F)c1. The van der Waals surface area contributed by atoms with Gasteiger partial charge in [0.1, 0.15) is 11.6 Å². The fourth-order valence-corrected chi connectivity index (χ4v) is 2.72. The zero-order chi connectivity index (χ0) is 14.7. The number of benzene rings is 2. The normalized spacial score (nSPS) is 15.1. The van der Waals surface area contributed by atoms with Crippen molar-refractivity contribution in [1.82, 2.24) is 0 Å². The van der Waals surface area contributed by atoms with Gasteiger partial charge in [-0.2, -0.15) is 0 Å².